The van der Waals surface area contributed by atoms with Crippen molar-refractivity contribution in [2.45, 2.75) is 17.0 Å². The first kappa shape index (κ1) is 24.8. The Balaban J connectivity index is 1.35. The number of nitrogens with zero attached hydrogens (tertiary/aromatic N) is 7. The first-order chi connectivity index (χ1) is 18.3. The molecule has 3 heterocycles. The fraction of sp³-hybridized carbons (Fsp3) is 0.120. The van der Waals surface area contributed by atoms with Crippen LogP contribution in [0, 0.1) is 12.3 Å². The highest BCUT2D eigenvalue weighted by molar-refractivity contribution is 7.98. The maximum absolute atomic E-state index is 14.3. The third-order valence-corrected chi connectivity index (χ3v) is 6.21. The molecule has 10 nitrogen and oxygen atoms in total. The molecule has 0 saturated carbocycles. The van der Waals surface area contributed by atoms with E-state index >= 15 is 0 Å². The number of imidazole rings is 1. The van der Waals surface area contributed by atoms with Crippen LogP contribution >= 0.6 is 11.8 Å². The number of carbonyl (C=O) groups excluding carboxylic acids is 1. The van der Waals surface area contributed by atoms with Gasteiger partial charge in [-0.2, -0.15) is 8.78 Å². The van der Waals surface area contributed by atoms with Crippen LogP contribution in [0.2, 0.25) is 0 Å². The largest absolute Gasteiger partial charge is 0.482 e. The average molecular weight is 533 g/mol. The monoisotopic (exact) mass is 532 g/mol. The van der Waals surface area contributed by atoms with E-state index in [2.05, 4.69) is 41.5 Å². The number of fused-ring (bicyclic) bond motifs is 1. The van der Waals surface area contributed by atoms with E-state index in [4.69, 9.17) is 6.42 Å². The van der Waals surface area contributed by atoms with Gasteiger partial charge >= 0.3 is 12.0 Å². The summed E-state index contributed by atoms with van der Waals surface area (Å²) in [4.78, 5) is 21.2. The van der Waals surface area contributed by atoms with Crippen molar-refractivity contribution in [2.75, 3.05) is 5.32 Å². The number of aromatic nitrogens is 7. The Morgan fingerprint density at radius 2 is 1.95 bits per heavy atom. The van der Waals surface area contributed by atoms with Crippen molar-refractivity contribution >= 4 is 34.5 Å². The number of tetrazole rings is 1. The minimum Gasteiger partial charge on any atom is -0.425 e. The highest BCUT2D eigenvalue weighted by Gasteiger charge is 2.42. The van der Waals surface area contributed by atoms with Crippen LogP contribution in [-0.2, 0) is 17.6 Å². The van der Waals surface area contributed by atoms with Gasteiger partial charge in [0.2, 0.25) is 0 Å². The van der Waals surface area contributed by atoms with Crippen molar-refractivity contribution in [3.63, 3.8) is 0 Å². The van der Waals surface area contributed by atoms with E-state index < -0.39 is 12.0 Å². The number of thioether (sulfide) groups is 1. The fourth-order valence-corrected chi connectivity index (χ4v) is 4.40. The Kier molecular flexibility index (Phi) is 6.71. The van der Waals surface area contributed by atoms with E-state index in [9.17, 15) is 13.6 Å². The van der Waals surface area contributed by atoms with Gasteiger partial charge in [0.15, 0.2) is 5.16 Å². The molecule has 0 aliphatic rings. The van der Waals surface area contributed by atoms with Gasteiger partial charge in [0.25, 0.3) is 5.95 Å². The van der Waals surface area contributed by atoms with Crippen LogP contribution in [-0.4, -0.2) is 46.8 Å². The minimum absolute atomic E-state index is 0.0471. The number of hydrogen-bond acceptors (Lipinski definition) is 8. The van der Waals surface area contributed by atoms with E-state index in [1.54, 1.807) is 41.9 Å². The number of hydrogen-bond donors (Lipinski definition) is 1. The fourth-order valence-electron chi connectivity index (χ4n) is 3.49. The highest BCUT2D eigenvalue weighted by Crippen LogP contribution is 2.30. The first-order valence-corrected chi connectivity index (χ1v) is 12.1. The van der Waals surface area contributed by atoms with E-state index in [0.29, 0.717) is 33.6 Å². The van der Waals surface area contributed by atoms with E-state index in [1.807, 2.05) is 6.07 Å². The lowest BCUT2D eigenvalue weighted by molar-refractivity contribution is -0.187. The summed E-state index contributed by atoms with van der Waals surface area (Å²) >= 11 is 1.32. The summed E-state index contributed by atoms with van der Waals surface area (Å²) in [5.41, 5.74) is 2.59. The predicted octanol–water partition coefficient (Wildman–Crippen LogP) is 3.83. The molecule has 2 aromatic carbocycles. The molecule has 13 heteroatoms. The molecule has 0 aliphatic heterocycles. The topological polar surface area (TPSA) is 113 Å². The molecule has 1 N–H and O–H groups in total. The van der Waals surface area contributed by atoms with Crippen LogP contribution in [0.4, 0.5) is 14.6 Å². The second kappa shape index (κ2) is 10.3. The number of carbonyl (C=O) groups is 1. The lowest BCUT2D eigenvalue weighted by Gasteiger charge is -2.17. The normalized spacial score (nSPS) is 11.3. The van der Waals surface area contributed by atoms with Gasteiger partial charge in [0.1, 0.15) is 11.6 Å². The molecular weight excluding hydrogens is 514 g/mol. The van der Waals surface area contributed by atoms with E-state index in [0.717, 1.165) is 5.52 Å². The number of rotatable bonds is 8. The van der Waals surface area contributed by atoms with Crippen molar-refractivity contribution < 1.29 is 18.3 Å². The Hall–Kier alpha value is -4.83. The van der Waals surface area contributed by atoms with Gasteiger partial charge in [0, 0.05) is 18.4 Å². The van der Waals surface area contributed by atoms with Gasteiger partial charge in [-0.05, 0) is 52.9 Å². The van der Waals surface area contributed by atoms with Gasteiger partial charge in [-0.1, -0.05) is 47.0 Å². The van der Waals surface area contributed by atoms with Crippen molar-refractivity contribution in [2.24, 2.45) is 7.05 Å². The lowest BCUT2D eigenvalue weighted by Crippen LogP contribution is -2.40. The summed E-state index contributed by atoms with van der Waals surface area (Å²) < 4.78 is 36.5. The summed E-state index contributed by atoms with van der Waals surface area (Å²) in [5, 5.41) is 14.4. The van der Waals surface area contributed by atoms with Crippen LogP contribution < -0.4 is 10.1 Å². The molecule has 0 spiro atoms. The van der Waals surface area contributed by atoms with Gasteiger partial charge in [0.05, 0.1) is 16.7 Å². The van der Waals surface area contributed by atoms with Crippen LogP contribution in [0.1, 0.15) is 11.3 Å². The van der Waals surface area contributed by atoms with Gasteiger partial charge in [-0.25, -0.2) is 14.6 Å². The summed E-state index contributed by atoms with van der Waals surface area (Å²) in [6.45, 7) is 0. The van der Waals surface area contributed by atoms with Gasteiger partial charge in [-0.15, -0.1) is 6.42 Å². The quantitative estimate of drug-likeness (QED) is 0.237. The number of terminal acetylenes is 1. The number of nitrogens with one attached hydrogen (secondary N) is 1. The molecule has 38 heavy (non-hydrogen) atoms. The van der Waals surface area contributed by atoms with Gasteiger partial charge in [-0.3, -0.25) is 9.36 Å². The smallest absolute Gasteiger partial charge is 0.425 e. The maximum atomic E-state index is 14.3. The number of pyridine rings is 1. The number of ether oxygens (including phenoxy) is 1. The zero-order valence-electron chi connectivity index (χ0n) is 19.7. The summed E-state index contributed by atoms with van der Waals surface area (Å²) in [6.07, 6.45) is 1.47. The molecule has 5 aromatic rings. The molecule has 1 amide bonds. The van der Waals surface area contributed by atoms with Crippen molar-refractivity contribution in [3.05, 3.63) is 78.0 Å². The maximum Gasteiger partial charge on any atom is 0.482 e. The molecule has 0 saturated heterocycles. The predicted molar refractivity (Wildman–Crippen MR) is 136 cm³/mol. The molecule has 0 aliphatic carbocycles. The molecule has 0 fully saturated rings. The van der Waals surface area contributed by atoms with E-state index in [1.165, 1.54) is 46.8 Å². The van der Waals surface area contributed by atoms with Crippen molar-refractivity contribution in [1.29, 1.82) is 0 Å². The Morgan fingerprint density at radius 1 is 1.13 bits per heavy atom. The third kappa shape index (κ3) is 5.16. The number of anilines is 1. The second-order valence-electron chi connectivity index (χ2n) is 7.87. The number of aryl methyl sites for hydroxylation is 1. The zero-order chi connectivity index (χ0) is 26.7. The number of benzene rings is 2. The SMILES string of the molecule is C#Cc1ccc2nc(SCc3cccc(NC(=O)C(F)(F)Oc4ccccc4)n3)n(-c3nnnn3C)c2c1. The Bertz CT molecular complexity index is 1660. The standard InChI is InChI=1S/C25H18F2N8O2S/c1-3-16-12-13-19-20(14-16)35(23-31-32-33-34(23)2)24(29-19)38-15-17-8-7-11-21(28-17)30-22(36)25(26,27)37-18-9-5-4-6-10-18/h1,4-14H,15H2,2H3,(H,28,30,36). The Morgan fingerprint density at radius 3 is 2.68 bits per heavy atom. The molecule has 0 radical (unpaired) electrons. The van der Waals surface area contributed by atoms with Crippen LogP contribution in [0.15, 0.2) is 71.9 Å². The van der Waals surface area contributed by atoms with Crippen molar-refractivity contribution in [1.82, 2.24) is 34.7 Å². The summed E-state index contributed by atoms with van der Waals surface area (Å²) in [6, 6.07) is 17.5. The lowest BCUT2D eigenvalue weighted by atomic mass is 10.2. The zero-order valence-corrected chi connectivity index (χ0v) is 20.6. The first-order valence-electron chi connectivity index (χ1n) is 11.1. The minimum atomic E-state index is -4.10. The molecule has 190 valence electrons. The molecule has 0 bridgehead atoms. The molecule has 0 atom stereocenters. The molecule has 3 aromatic heterocycles. The van der Waals surface area contributed by atoms with Crippen molar-refractivity contribution in [3.8, 4) is 24.0 Å². The summed E-state index contributed by atoms with van der Waals surface area (Å²) in [5.74, 6) is 1.51. The number of amides is 1. The average Bonchev–Trinajstić information content (AvgIpc) is 3.49. The summed E-state index contributed by atoms with van der Waals surface area (Å²) in [7, 11) is 1.70. The van der Waals surface area contributed by atoms with Crippen LogP contribution in [0.3, 0.4) is 0 Å². The van der Waals surface area contributed by atoms with E-state index in [-0.39, 0.29) is 11.6 Å². The number of para-hydroxylation sites is 1. The van der Waals surface area contributed by atoms with Crippen LogP contribution in [0.5, 0.6) is 5.75 Å². The molecule has 0 unspecified atom stereocenters. The van der Waals surface area contributed by atoms with Crippen LogP contribution in [0.25, 0.3) is 17.0 Å². The Labute approximate surface area is 219 Å². The molecular formula is C25H18F2N8O2S. The van der Waals surface area contributed by atoms with Gasteiger partial charge < -0.3 is 10.1 Å². The number of alkyl halides is 2. The highest BCUT2D eigenvalue weighted by atomic mass is 32.2. The molecule has 5 rings (SSSR count). The third-order valence-electron chi connectivity index (χ3n) is 5.24. The second-order valence-corrected chi connectivity index (χ2v) is 8.81. The number of halogens is 2.